The van der Waals surface area contributed by atoms with Crippen LogP contribution in [0.1, 0.15) is 23.2 Å². The van der Waals surface area contributed by atoms with Crippen LogP contribution in [0, 0.1) is 0 Å². The zero-order chi connectivity index (χ0) is 17.8. The highest BCUT2D eigenvalue weighted by molar-refractivity contribution is 6.04. The fourth-order valence-electron chi connectivity index (χ4n) is 3.05. The smallest absolute Gasteiger partial charge is 0.258 e. The van der Waals surface area contributed by atoms with E-state index in [1.165, 1.54) is 6.20 Å². The quantitative estimate of drug-likeness (QED) is 0.720. The third-order valence-electron chi connectivity index (χ3n) is 4.45. The Morgan fingerprint density at radius 1 is 1.11 bits per heavy atom. The predicted molar refractivity (Wildman–Crippen MR) is 108 cm³/mol. The zero-order valence-corrected chi connectivity index (χ0v) is 15.5. The fourth-order valence-corrected chi connectivity index (χ4v) is 3.05. The van der Waals surface area contributed by atoms with E-state index in [4.69, 9.17) is 4.74 Å². The molecule has 0 spiro atoms. The lowest BCUT2D eigenvalue weighted by atomic mass is 10.1. The van der Waals surface area contributed by atoms with E-state index < -0.39 is 0 Å². The number of piperidine rings is 1. The molecule has 6 nitrogen and oxygen atoms in total. The molecule has 1 amide bonds. The molecule has 0 radical (unpaired) electrons. The minimum Gasteiger partial charge on any atom is -0.490 e. The Kier molecular flexibility index (Phi) is 6.21. The summed E-state index contributed by atoms with van der Waals surface area (Å²) >= 11 is 0. The second-order valence-electron chi connectivity index (χ2n) is 6.34. The van der Waals surface area contributed by atoms with Crippen LogP contribution in [0.25, 0.3) is 10.8 Å². The fraction of sp³-hybridized carbons (Fsp3) is 0.250. The van der Waals surface area contributed by atoms with Crippen molar-refractivity contribution in [2.24, 2.45) is 0 Å². The number of anilines is 1. The van der Waals surface area contributed by atoms with Crippen LogP contribution in [0.2, 0.25) is 0 Å². The van der Waals surface area contributed by atoms with Crippen LogP contribution in [-0.4, -0.2) is 35.1 Å². The number of rotatable bonds is 4. The Hall–Kier alpha value is -2.70. The van der Waals surface area contributed by atoms with Crippen molar-refractivity contribution in [2.45, 2.75) is 18.9 Å². The third-order valence-corrected chi connectivity index (χ3v) is 4.45. The average Bonchev–Trinajstić information content (AvgIpc) is 2.69. The van der Waals surface area contributed by atoms with Crippen LogP contribution >= 0.6 is 12.4 Å². The summed E-state index contributed by atoms with van der Waals surface area (Å²) in [5.74, 6) is 1.12. The van der Waals surface area contributed by atoms with E-state index in [2.05, 4.69) is 20.6 Å². The number of nitrogens with zero attached hydrogens (tertiary/aromatic N) is 2. The highest BCUT2D eigenvalue weighted by Crippen LogP contribution is 2.24. The number of amides is 1. The maximum absolute atomic E-state index is 12.3. The molecule has 0 bridgehead atoms. The second-order valence-corrected chi connectivity index (χ2v) is 6.34. The van der Waals surface area contributed by atoms with Gasteiger partial charge in [-0.05, 0) is 67.7 Å². The lowest BCUT2D eigenvalue weighted by Crippen LogP contribution is -2.34. The summed E-state index contributed by atoms with van der Waals surface area (Å²) in [7, 11) is 0. The van der Waals surface area contributed by atoms with Gasteiger partial charge in [0.2, 0.25) is 0 Å². The van der Waals surface area contributed by atoms with E-state index in [0.29, 0.717) is 11.4 Å². The number of hydrogen-bond donors (Lipinski definition) is 2. The number of aromatic nitrogens is 2. The summed E-state index contributed by atoms with van der Waals surface area (Å²) in [5, 5.41) is 8.13. The Balaban J connectivity index is 0.00000210. The molecule has 4 rings (SSSR count). The van der Waals surface area contributed by atoms with E-state index in [1.54, 1.807) is 24.5 Å². The van der Waals surface area contributed by atoms with E-state index >= 15 is 0 Å². The van der Waals surface area contributed by atoms with Gasteiger partial charge in [0.05, 0.1) is 5.56 Å². The molecule has 1 aromatic carbocycles. The normalized spacial score (nSPS) is 14.4. The molecule has 1 aliphatic heterocycles. The SMILES string of the molecule is Cl.O=C(Nc1cc2cc(OC3CCNCC3)ccc2cn1)c1cccnc1. The Labute approximate surface area is 163 Å². The predicted octanol–water partition coefficient (Wildman–Crippen LogP) is 3.43. The molecule has 140 valence electrons. The summed E-state index contributed by atoms with van der Waals surface area (Å²) in [6.07, 6.45) is 7.20. The van der Waals surface area contributed by atoms with Gasteiger partial charge in [-0.1, -0.05) is 0 Å². The highest BCUT2D eigenvalue weighted by atomic mass is 35.5. The maximum atomic E-state index is 12.3. The van der Waals surface area contributed by atoms with Gasteiger partial charge in [-0.15, -0.1) is 12.4 Å². The van der Waals surface area contributed by atoms with Crippen molar-refractivity contribution >= 4 is 34.9 Å². The lowest BCUT2D eigenvalue weighted by Gasteiger charge is -2.24. The number of nitrogens with one attached hydrogen (secondary N) is 2. The molecule has 1 aliphatic rings. The van der Waals surface area contributed by atoms with E-state index in [1.807, 2.05) is 24.3 Å². The van der Waals surface area contributed by atoms with Gasteiger partial charge in [-0.3, -0.25) is 9.78 Å². The van der Waals surface area contributed by atoms with Gasteiger partial charge < -0.3 is 15.4 Å². The van der Waals surface area contributed by atoms with Gasteiger partial charge in [0.15, 0.2) is 0 Å². The minimum absolute atomic E-state index is 0. The molecule has 1 saturated heterocycles. The van der Waals surface area contributed by atoms with Crippen LogP contribution in [0.15, 0.2) is 55.0 Å². The topological polar surface area (TPSA) is 76.1 Å². The molecule has 2 N–H and O–H groups in total. The number of carbonyl (C=O) groups is 1. The zero-order valence-electron chi connectivity index (χ0n) is 14.7. The summed E-state index contributed by atoms with van der Waals surface area (Å²) in [6, 6.07) is 11.3. The first-order valence-electron chi connectivity index (χ1n) is 8.76. The molecular formula is C20H21ClN4O2. The number of benzene rings is 1. The minimum atomic E-state index is -0.230. The molecule has 2 aromatic heterocycles. The number of fused-ring (bicyclic) bond motifs is 1. The van der Waals surface area contributed by atoms with Gasteiger partial charge in [0, 0.05) is 24.0 Å². The summed E-state index contributed by atoms with van der Waals surface area (Å²) in [6.45, 7) is 1.99. The van der Waals surface area contributed by atoms with Crippen molar-refractivity contribution in [3.8, 4) is 5.75 Å². The number of pyridine rings is 2. The van der Waals surface area contributed by atoms with Crippen LogP contribution in [0.3, 0.4) is 0 Å². The van der Waals surface area contributed by atoms with Gasteiger partial charge in [0.25, 0.3) is 5.91 Å². The van der Waals surface area contributed by atoms with Gasteiger partial charge in [-0.25, -0.2) is 4.98 Å². The summed E-state index contributed by atoms with van der Waals surface area (Å²) in [5.41, 5.74) is 0.498. The van der Waals surface area contributed by atoms with Crippen molar-refractivity contribution < 1.29 is 9.53 Å². The molecular weight excluding hydrogens is 364 g/mol. The Morgan fingerprint density at radius 2 is 1.96 bits per heavy atom. The van der Waals surface area contributed by atoms with Crippen molar-refractivity contribution in [1.82, 2.24) is 15.3 Å². The largest absolute Gasteiger partial charge is 0.490 e. The summed E-state index contributed by atoms with van der Waals surface area (Å²) < 4.78 is 6.10. The first-order chi connectivity index (χ1) is 12.8. The molecule has 3 aromatic rings. The van der Waals surface area contributed by atoms with E-state index in [-0.39, 0.29) is 24.4 Å². The molecule has 0 aliphatic carbocycles. The van der Waals surface area contributed by atoms with Crippen molar-refractivity contribution in [2.75, 3.05) is 18.4 Å². The van der Waals surface area contributed by atoms with Crippen LogP contribution < -0.4 is 15.4 Å². The first-order valence-corrected chi connectivity index (χ1v) is 8.76. The van der Waals surface area contributed by atoms with Gasteiger partial charge >= 0.3 is 0 Å². The molecule has 27 heavy (non-hydrogen) atoms. The molecule has 0 atom stereocenters. The molecule has 7 heteroatoms. The average molecular weight is 385 g/mol. The standard InChI is InChI=1S/C20H20N4O2.ClH/c25-20(15-2-1-7-22-12-15)24-19-11-16-10-18(4-3-14(16)13-23-19)26-17-5-8-21-9-6-17;/h1-4,7,10-13,17,21H,5-6,8-9H2,(H,23,24,25);1H. The first kappa shape index (κ1) is 19.1. The van der Waals surface area contributed by atoms with Gasteiger partial charge in [0.1, 0.15) is 17.7 Å². The number of ether oxygens (including phenoxy) is 1. The lowest BCUT2D eigenvalue weighted by molar-refractivity contribution is 0.102. The summed E-state index contributed by atoms with van der Waals surface area (Å²) in [4.78, 5) is 20.5. The molecule has 1 fully saturated rings. The number of carbonyl (C=O) groups excluding carboxylic acids is 1. The van der Waals surface area contributed by atoms with Crippen LogP contribution in [0.5, 0.6) is 5.75 Å². The van der Waals surface area contributed by atoms with E-state index in [9.17, 15) is 4.79 Å². The third kappa shape index (κ3) is 4.72. The van der Waals surface area contributed by atoms with Crippen LogP contribution in [0.4, 0.5) is 5.82 Å². The van der Waals surface area contributed by atoms with Crippen molar-refractivity contribution in [1.29, 1.82) is 0 Å². The second kappa shape index (κ2) is 8.79. The molecule has 0 saturated carbocycles. The Bertz CT molecular complexity index is 914. The van der Waals surface area contributed by atoms with Gasteiger partial charge in [-0.2, -0.15) is 0 Å². The Morgan fingerprint density at radius 3 is 2.74 bits per heavy atom. The van der Waals surface area contributed by atoms with E-state index in [0.717, 1.165) is 42.5 Å². The molecule has 0 unspecified atom stereocenters. The van der Waals surface area contributed by atoms with Crippen LogP contribution in [-0.2, 0) is 0 Å². The van der Waals surface area contributed by atoms with Crippen molar-refractivity contribution in [3.05, 3.63) is 60.6 Å². The monoisotopic (exact) mass is 384 g/mol. The van der Waals surface area contributed by atoms with Crippen molar-refractivity contribution in [3.63, 3.8) is 0 Å². The maximum Gasteiger partial charge on any atom is 0.258 e. The highest BCUT2D eigenvalue weighted by Gasteiger charge is 2.14. The molecule has 3 heterocycles. The number of hydrogen-bond acceptors (Lipinski definition) is 5. The number of halogens is 1.